The molecule has 0 aliphatic carbocycles. The second-order valence-electron chi connectivity index (χ2n) is 7.27. The third-order valence-electron chi connectivity index (χ3n) is 4.92. The zero-order valence-electron chi connectivity index (χ0n) is 18.6. The van der Waals surface area contributed by atoms with Crippen LogP contribution in [0, 0.1) is 6.92 Å². The highest BCUT2D eigenvalue weighted by atomic mass is 16.5. The first-order chi connectivity index (χ1) is 16.1. The molecular weight excluding hydrogens is 424 g/mol. The quantitative estimate of drug-likeness (QED) is 0.416. The first-order valence-corrected chi connectivity index (χ1v) is 10.3. The minimum atomic E-state index is -0.855. The van der Waals surface area contributed by atoms with Crippen LogP contribution in [0.2, 0.25) is 0 Å². The number of anilines is 1. The van der Waals surface area contributed by atoms with E-state index in [1.54, 1.807) is 37.4 Å². The van der Waals surface area contributed by atoms with Crippen LogP contribution in [0.25, 0.3) is 16.7 Å². The maximum atomic E-state index is 12.9. The first kappa shape index (κ1) is 22.2. The summed E-state index contributed by atoms with van der Waals surface area (Å²) in [5.74, 6) is 1.04. The van der Waals surface area contributed by atoms with Gasteiger partial charge in [0.15, 0.2) is 11.8 Å². The molecule has 0 bridgehead atoms. The van der Waals surface area contributed by atoms with Crippen molar-refractivity contribution < 1.29 is 19.0 Å². The van der Waals surface area contributed by atoms with Gasteiger partial charge in [-0.3, -0.25) is 4.79 Å². The highest BCUT2D eigenvalue weighted by Gasteiger charge is 2.23. The molecule has 1 N–H and O–H groups in total. The summed E-state index contributed by atoms with van der Waals surface area (Å²) in [4.78, 5) is 25.8. The number of aryl methyl sites for hydroxylation is 1. The number of amides is 1. The number of benzene rings is 1. The van der Waals surface area contributed by atoms with Crippen molar-refractivity contribution >= 4 is 22.8 Å². The van der Waals surface area contributed by atoms with Crippen LogP contribution >= 0.6 is 0 Å². The van der Waals surface area contributed by atoms with Crippen LogP contribution < -0.4 is 14.8 Å². The van der Waals surface area contributed by atoms with Gasteiger partial charge in [0.05, 0.1) is 25.6 Å². The number of methoxy groups -OCH3 is 2. The summed E-state index contributed by atoms with van der Waals surface area (Å²) < 4.78 is 18.2. The van der Waals surface area contributed by atoms with Gasteiger partial charge in [0, 0.05) is 25.8 Å². The van der Waals surface area contributed by atoms with E-state index in [-0.39, 0.29) is 11.8 Å². The Bertz CT molecular complexity index is 1240. The van der Waals surface area contributed by atoms with Gasteiger partial charge < -0.3 is 19.5 Å². The minimum Gasteiger partial charge on any atom is -0.497 e. The fraction of sp³-hybridized carbons (Fsp3) is 0.261. The molecule has 1 amide bonds. The lowest BCUT2D eigenvalue weighted by Gasteiger charge is -2.18. The number of carbonyl (C=O) groups is 1. The smallest absolute Gasteiger partial charge is 0.266 e. The SMILES string of the molecule is COCCC(Oc1ncnc2c1cnn2-c1cccc(OC)c1)C(=O)Nc1ccc(C)cn1. The Balaban J connectivity index is 1.61. The summed E-state index contributed by atoms with van der Waals surface area (Å²) in [5, 5.41) is 7.79. The van der Waals surface area contributed by atoms with Crippen molar-refractivity contribution in [2.24, 2.45) is 0 Å². The maximum Gasteiger partial charge on any atom is 0.266 e. The average Bonchev–Trinajstić information content (AvgIpc) is 3.28. The van der Waals surface area contributed by atoms with Crippen LogP contribution in [0.15, 0.2) is 55.1 Å². The van der Waals surface area contributed by atoms with E-state index in [0.29, 0.717) is 35.6 Å². The summed E-state index contributed by atoms with van der Waals surface area (Å²) in [6.07, 6.45) is 4.14. The van der Waals surface area contributed by atoms with Crippen LogP contribution in [0.3, 0.4) is 0 Å². The number of ether oxygens (including phenoxy) is 3. The lowest BCUT2D eigenvalue weighted by atomic mass is 10.2. The first-order valence-electron chi connectivity index (χ1n) is 10.3. The molecule has 10 heteroatoms. The van der Waals surface area contributed by atoms with E-state index in [4.69, 9.17) is 14.2 Å². The Morgan fingerprint density at radius 1 is 1.12 bits per heavy atom. The highest BCUT2D eigenvalue weighted by Crippen LogP contribution is 2.26. The van der Waals surface area contributed by atoms with Crippen molar-refractivity contribution in [3.8, 4) is 17.3 Å². The number of rotatable bonds is 9. The number of hydrogen-bond donors (Lipinski definition) is 1. The van der Waals surface area contributed by atoms with Crippen LogP contribution in [0.4, 0.5) is 5.82 Å². The summed E-state index contributed by atoms with van der Waals surface area (Å²) in [7, 11) is 3.17. The molecule has 4 rings (SSSR count). The third-order valence-corrected chi connectivity index (χ3v) is 4.92. The van der Waals surface area contributed by atoms with Crippen LogP contribution in [0.5, 0.6) is 11.6 Å². The predicted molar refractivity (Wildman–Crippen MR) is 122 cm³/mol. The average molecular weight is 448 g/mol. The van der Waals surface area contributed by atoms with Crippen molar-refractivity contribution in [3.05, 3.63) is 60.7 Å². The van der Waals surface area contributed by atoms with Crippen molar-refractivity contribution in [3.63, 3.8) is 0 Å². The Kier molecular flexibility index (Phi) is 6.75. The van der Waals surface area contributed by atoms with Crippen molar-refractivity contribution in [2.75, 3.05) is 26.1 Å². The molecule has 1 unspecified atom stereocenters. The zero-order chi connectivity index (χ0) is 23.2. The number of nitrogens with one attached hydrogen (secondary N) is 1. The molecule has 0 spiro atoms. The molecular formula is C23H24N6O4. The number of aromatic nitrogens is 5. The van der Waals surface area contributed by atoms with E-state index in [1.165, 1.54) is 6.33 Å². The van der Waals surface area contributed by atoms with Crippen LogP contribution in [-0.4, -0.2) is 57.6 Å². The van der Waals surface area contributed by atoms with Gasteiger partial charge in [-0.25, -0.2) is 19.6 Å². The molecule has 10 nitrogen and oxygen atoms in total. The topological polar surface area (TPSA) is 113 Å². The lowest BCUT2D eigenvalue weighted by molar-refractivity contribution is -0.123. The summed E-state index contributed by atoms with van der Waals surface area (Å²) in [6, 6.07) is 11.1. The number of fused-ring (bicyclic) bond motifs is 1. The molecule has 0 fully saturated rings. The van der Waals surface area contributed by atoms with Gasteiger partial charge in [-0.1, -0.05) is 12.1 Å². The van der Waals surface area contributed by atoms with E-state index in [2.05, 4.69) is 25.4 Å². The van der Waals surface area contributed by atoms with Crippen molar-refractivity contribution in [1.29, 1.82) is 0 Å². The second-order valence-corrected chi connectivity index (χ2v) is 7.27. The molecule has 33 heavy (non-hydrogen) atoms. The number of nitrogens with zero attached hydrogens (tertiary/aromatic N) is 5. The number of hydrogen-bond acceptors (Lipinski definition) is 8. The fourth-order valence-electron chi connectivity index (χ4n) is 3.20. The fourth-order valence-corrected chi connectivity index (χ4v) is 3.20. The Labute approximate surface area is 190 Å². The molecule has 3 aromatic heterocycles. The van der Waals surface area contributed by atoms with Gasteiger partial charge in [-0.2, -0.15) is 5.10 Å². The summed E-state index contributed by atoms with van der Waals surface area (Å²) in [6.45, 7) is 2.26. The van der Waals surface area contributed by atoms with E-state index >= 15 is 0 Å². The molecule has 1 aromatic carbocycles. The van der Waals surface area contributed by atoms with Gasteiger partial charge in [0.25, 0.3) is 5.91 Å². The summed E-state index contributed by atoms with van der Waals surface area (Å²) in [5.41, 5.74) is 2.31. The number of pyridine rings is 1. The van der Waals surface area contributed by atoms with Gasteiger partial charge in [0.1, 0.15) is 23.3 Å². The highest BCUT2D eigenvalue weighted by molar-refractivity contribution is 5.94. The second kappa shape index (κ2) is 10.0. The summed E-state index contributed by atoms with van der Waals surface area (Å²) >= 11 is 0. The molecule has 4 aromatic rings. The van der Waals surface area contributed by atoms with E-state index in [0.717, 1.165) is 11.3 Å². The van der Waals surface area contributed by atoms with Crippen LogP contribution in [0.1, 0.15) is 12.0 Å². The van der Waals surface area contributed by atoms with E-state index in [1.807, 2.05) is 37.3 Å². The predicted octanol–water partition coefficient (Wildman–Crippen LogP) is 2.95. The molecule has 3 heterocycles. The van der Waals surface area contributed by atoms with E-state index in [9.17, 15) is 4.79 Å². The lowest BCUT2D eigenvalue weighted by Crippen LogP contribution is -2.34. The Morgan fingerprint density at radius 3 is 2.76 bits per heavy atom. The minimum absolute atomic E-state index is 0.252. The normalized spacial score (nSPS) is 11.8. The zero-order valence-corrected chi connectivity index (χ0v) is 18.6. The molecule has 0 aliphatic rings. The van der Waals surface area contributed by atoms with Crippen LogP contribution in [-0.2, 0) is 9.53 Å². The van der Waals surface area contributed by atoms with E-state index < -0.39 is 6.10 Å². The Hall–Kier alpha value is -4.05. The van der Waals surface area contributed by atoms with Crippen molar-refractivity contribution in [2.45, 2.75) is 19.4 Å². The van der Waals surface area contributed by atoms with Gasteiger partial charge in [-0.05, 0) is 30.7 Å². The maximum absolute atomic E-state index is 12.9. The third kappa shape index (κ3) is 5.07. The van der Waals surface area contributed by atoms with Gasteiger partial charge in [-0.15, -0.1) is 0 Å². The molecule has 0 saturated heterocycles. The number of carbonyl (C=O) groups excluding carboxylic acids is 1. The standard InChI is InChI=1S/C23H24N6O4/c1-15-7-8-20(24-12-15)28-22(30)19(9-10-31-2)33-23-18-13-27-29(21(18)25-14-26-23)16-5-4-6-17(11-16)32-3/h4-8,11-14,19H,9-10H2,1-3H3,(H,24,28,30). The molecule has 0 aliphatic heterocycles. The van der Waals surface area contributed by atoms with Gasteiger partial charge >= 0.3 is 0 Å². The Morgan fingerprint density at radius 2 is 2.00 bits per heavy atom. The van der Waals surface area contributed by atoms with Crippen molar-refractivity contribution in [1.82, 2.24) is 24.7 Å². The molecule has 0 radical (unpaired) electrons. The largest absolute Gasteiger partial charge is 0.497 e. The monoisotopic (exact) mass is 448 g/mol. The molecule has 0 saturated carbocycles. The van der Waals surface area contributed by atoms with Gasteiger partial charge in [0.2, 0.25) is 5.88 Å². The molecule has 170 valence electrons. The molecule has 1 atom stereocenters.